The van der Waals surface area contributed by atoms with E-state index >= 15 is 0 Å². The number of hydrogen-bond donors (Lipinski definition) is 1. The van der Waals surface area contributed by atoms with Crippen molar-refractivity contribution in [2.75, 3.05) is 0 Å². The van der Waals surface area contributed by atoms with Crippen LogP contribution in [0.4, 0.5) is 0 Å². The third-order valence-electron chi connectivity index (χ3n) is 10.1. The number of carbonyl (C=O) groups is 1. The molecule has 1 aromatic heterocycles. The van der Waals surface area contributed by atoms with Crippen LogP contribution in [0.1, 0.15) is 72.1 Å². The maximum absolute atomic E-state index is 13.2. The lowest BCUT2D eigenvalue weighted by atomic mass is 9.48. The summed E-state index contributed by atoms with van der Waals surface area (Å²) < 4.78 is 1.80. The predicted octanol–water partition coefficient (Wildman–Crippen LogP) is 4.72. The fourth-order valence-corrected chi connectivity index (χ4v) is 8.44. The first-order valence-electron chi connectivity index (χ1n) is 12.0. The number of aliphatic hydroxyl groups is 1. The molecule has 29 heavy (non-hydrogen) atoms. The smallest absolute Gasteiger partial charge is 0.157 e. The Morgan fingerprint density at radius 2 is 1.97 bits per heavy atom. The minimum atomic E-state index is -0.478. The molecule has 1 aromatic rings. The summed E-state index contributed by atoms with van der Waals surface area (Å²) in [6.45, 7) is 7.19. The lowest BCUT2D eigenvalue weighted by molar-refractivity contribution is -0.137. The molecule has 4 fully saturated rings. The summed E-state index contributed by atoms with van der Waals surface area (Å²) in [6.07, 6.45) is 13.3. The molecule has 0 aliphatic heterocycles. The fraction of sp³-hybridized carbons (Fsp3) is 0.840. The Morgan fingerprint density at radius 3 is 2.72 bits per heavy atom. The molecule has 0 aromatic carbocycles. The van der Waals surface area contributed by atoms with Crippen LogP contribution in [0.5, 0.6) is 0 Å². The molecule has 1 heterocycles. The molecule has 9 atom stereocenters. The Balaban J connectivity index is 1.33. The highest BCUT2D eigenvalue weighted by Crippen LogP contribution is 2.65. The zero-order valence-electron chi connectivity index (χ0n) is 18.4. The summed E-state index contributed by atoms with van der Waals surface area (Å²) in [5.74, 6) is 4.86. The molecule has 5 rings (SSSR count). The van der Waals surface area contributed by atoms with Gasteiger partial charge in [-0.1, -0.05) is 13.8 Å². The van der Waals surface area contributed by atoms with Crippen LogP contribution in [-0.4, -0.2) is 26.3 Å². The standard InChI is InChI=1S/C25H38N2O2/c1-16-13-20-17(14-25(16,3)29)5-6-19-18(20)9-10-24(2)21(19)7-8-22(24)23(28)15-27-12-4-11-26-27/h4,11-12,16-22,29H,5-10,13-15H2,1-3H3. The van der Waals surface area contributed by atoms with Crippen LogP contribution in [0, 0.1) is 46.8 Å². The monoisotopic (exact) mass is 398 g/mol. The predicted molar refractivity (Wildman–Crippen MR) is 113 cm³/mol. The molecule has 0 bridgehead atoms. The van der Waals surface area contributed by atoms with Gasteiger partial charge in [0.05, 0.1) is 12.1 Å². The van der Waals surface area contributed by atoms with Crippen LogP contribution in [0.2, 0.25) is 0 Å². The van der Waals surface area contributed by atoms with Crippen LogP contribution >= 0.6 is 0 Å². The van der Waals surface area contributed by atoms with E-state index in [1.807, 2.05) is 12.3 Å². The Bertz CT molecular complexity index is 757. The van der Waals surface area contributed by atoms with E-state index in [0.717, 1.165) is 30.6 Å². The summed E-state index contributed by atoms with van der Waals surface area (Å²) in [5, 5.41) is 15.1. The Labute approximate surface area is 175 Å². The second-order valence-electron chi connectivity index (χ2n) is 11.5. The first kappa shape index (κ1) is 19.8. The van der Waals surface area contributed by atoms with Crippen LogP contribution in [0.25, 0.3) is 0 Å². The zero-order chi connectivity index (χ0) is 20.4. The van der Waals surface area contributed by atoms with Crippen LogP contribution in [-0.2, 0) is 11.3 Å². The topological polar surface area (TPSA) is 55.1 Å². The van der Waals surface area contributed by atoms with Gasteiger partial charge < -0.3 is 5.11 Å². The largest absolute Gasteiger partial charge is 0.390 e. The van der Waals surface area contributed by atoms with Crippen molar-refractivity contribution in [1.82, 2.24) is 9.78 Å². The summed E-state index contributed by atoms with van der Waals surface area (Å²) in [4.78, 5) is 13.2. The summed E-state index contributed by atoms with van der Waals surface area (Å²) in [6, 6.07) is 1.90. The van der Waals surface area contributed by atoms with E-state index in [1.54, 1.807) is 10.9 Å². The number of rotatable bonds is 3. The minimum Gasteiger partial charge on any atom is -0.390 e. The van der Waals surface area contributed by atoms with E-state index in [2.05, 4.69) is 25.9 Å². The molecule has 0 amide bonds. The van der Waals surface area contributed by atoms with Gasteiger partial charge in [-0.15, -0.1) is 0 Å². The normalized spacial score (nSPS) is 49.2. The third-order valence-corrected chi connectivity index (χ3v) is 10.1. The molecule has 4 nitrogen and oxygen atoms in total. The van der Waals surface area contributed by atoms with Gasteiger partial charge in [0.1, 0.15) is 0 Å². The number of carbonyl (C=O) groups excluding carboxylic acids is 1. The number of Topliss-reactive ketones (excluding diaryl/α,β-unsaturated/α-hetero) is 1. The Kier molecular flexibility index (Phi) is 4.73. The average molecular weight is 399 g/mol. The van der Waals surface area contributed by atoms with Gasteiger partial charge in [-0.25, -0.2) is 0 Å². The highest BCUT2D eigenvalue weighted by molar-refractivity contribution is 5.82. The van der Waals surface area contributed by atoms with Crippen molar-refractivity contribution >= 4 is 5.78 Å². The number of nitrogens with zero attached hydrogens (tertiary/aromatic N) is 2. The van der Waals surface area contributed by atoms with Gasteiger partial charge in [0.25, 0.3) is 0 Å². The Hall–Kier alpha value is -1.16. The maximum Gasteiger partial charge on any atom is 0.157 e. The van der Waals surface area contributed by atoms with Gasteiger partial charge in [-0.05, 0) is 105 Å². The molecule has 0 radical (unpaired) electrons. The zero-order valence-corrected chi connectivity index (χ0v) is 18.4. The maximum atomic E-state index is 13.2. The van der Waals surface area contributed by atoms with E-state index in [0.29, 0.717) is 30.1 Å². The summed E-state index contributed by atoms with van der Waals surface area (Å²) in [7, 11) is 0. The van der Waals surface area contributed by atoms with Crippen molar-refractivity contribution in [3.05, 3.63) is 18.5 Å². The van der Waals surface area contributed by atoms with Gasteiger partial charge in [0.2, 0.25) is 0 Å². The van der Waals surface area contributed by atoms with Crippen molar-refractivity contribution in [2.24, 2.45) is 46.8 Å². The van der Waals surface area contributed by atoms with E-state index < -0.39 is 5.60 Å². The van der Waals surface area contributed by atoms with Gasteiger partial charge in [0, 0.05) is 18.3 Å². The highest BCUT2D eigenvalue weighted by Gasteiger charge is 2.59. The number of hydrogen-bond acceptors (Lipinski definition) is 3. The molecule has 4 heteroatoms. The molecular weight excluding hydrogens is 360 g/mol. The van der Waals surface area contributed by atoms with Gasteiger partial charge in [-0.3, -0.25) is 9.48 Å². The molecule has 4 saturated carbocycles. The van der Waals surface area contributed by atoms with Gasteiger partial charge in [0.15, 0.2) is 5.78 Å². The van der Waals surface area contributed by atoms with Crippen molar-refractivity contribution in [1.29, 1.82) is 0 Å². The second-order valence-corrected chi connectivity index (χ2v) is 11.5. The molecule has 9 unspecified atom stereocenters. The number of ketones is 1. The van der Waals surface area contributed by atoms with Crippen molar-refractivity contribution in [3.63, 3.8) is 0 Å². The number of fused-ring (bicyclic) bond motifs is 5. The number of aromatic nitrogens is 2. The van der Waals surface area contributed by atoms with Crippen LogP contribution in [0.15, 0.2) is 18.5 Å². The van der Waals surface area contributed by atoms with Gasteiger partial charge >= 0.3 is 0 Å². The first-order chi connectivity index (χ1) is 13.8. The van der Waals surface area contributed by atoms with Crippen LogP contribution in [0.3, 0.4) is 0 Å². The van der Waals surface area contributed by atoms with E-state index in [1.165, 1.54) is 38.5 Å². The highest BCUT2D eigenvalue weighted by atomic mass is 16.3. The lowest BCUT2D eigenvalue weighted by Gasteiger charge is -2.58. The molecular formula is C25H38N2O2. The Morgan fingerprint density at radius 1 is 1.14 bits per heavy atom. The third kappa shape index (κ3) is 3.12. The van der Waals surface area contributed by atoms with E-state index in [-0.39, 0.29) is 11.3 Å². The molecule has 4 aliphatic rings. The lowest BCUT2D eigenvalue weighted by Crippen LogP contribution is -2.53. The molecule has 4 aliphatic carbocycles. The van der Waals surface area contributed by atoms with Crippen molar-refractivity contribution in [3.8, 4) is 0 Å². The average Bonchev–Trinajstić information content (AvgIpc) is 3.29. The summed E-state index contributed by atoms with van der Waals surface area (Å²) in [5.41, 5.74) is -0.293. The van der Waals surface area contributed by atoms with Crippen LogP contribution < -0.4 is 0 Å². The van der Waals surface area contributed by atoms with Gasteiger partial charge in [-0.2, -0.15) is 5.10 Å². The second kappa shape index (κ2) is 6.93. The molecule has 160 valence electrons. The summed E-state index contributed by atoms with van der Waals surface area (Å²) >= 11 is 0. The minimum absolute atomic E-state index is 0.185. The van der Waals surface area contributed by atoms with Crippen molar-refractivity contribution in [2.45, 2.75) is 84.3 Å². The van der Waals surface area contributed by atoms with E-state index in [9.17, 15) is 9.90 Å². The molecule has 0 spiro atoms. The first-order valence-corrected chi connectivity index (χ1v) is 12.0. The van der Waals surface area contributed by atoms with E-state index in [4.69, 9.17) is 0 Å². The fourth-order valence-electron chi connectivity index (χ4n) is 8.44. The SMILES string of the molecule is CC1CC2C(CCC3C2CCC2(C)C(C(=O)Cn4cccn4)CCC32)CC1(C)O. The van der Waals surface area contributed by atoms with Crippen molar-refractivity contribution < 1.29 is 9.90 Å². The molecule has 1 N–H and O–H groups in total. The quantitative estimate of drug-likeness (QED) is 0.802. The molecule has 0 saturated heterocycles.